The Kier molecular flexibility index (Phi) is 3.93. The maximum Gasteiger partial charge on any atom is 0.0911 e. The fourth-order valence-corrected chi connectivity index (χ4v) is 2.71. The van der Waals surface area contributed by atoms with Crippen LogP contribution in [0, 0.1) is 10.8 Å². The molecule has 0 unspecified atom stereocenters. The van der Waals surface area contributed by atoms with E-state index in [0.29, 0.717) is 5.84 Å². The summed E-state index contributed by atoms with van der Waals surface area (Å²) in [7, 11) is 2.10. The van der Waals surface area contributed by atoms with E-state index in [9.17, 15) is 0 Å². The molecule has 3 nitrogen and oxygen atoms in total. The molecule has 0 atom stereocenters. The van der Waals surface area contributed by atoms with Crippen molar-refractivity contribution >= 4 is 17.4 Å². The Morgan fingerprint density at radius 2 is 2.11 bits per heavy atom. The lowest BCUT2D eigenvalue weighted by Crippen LogP contribution is -2.29. The van der Waals surface area contributed by atoms with Gasteiger partial charge < -0.3 is 10.6 Å². The molecule has 0 saturated heterocycles. The molecule has 1 fully saturated rings. The van der Waals surface area contributed by atoms with Crippen molar-refractivity contribution in [2.24, 2.45) is 11.1 Å². The second-order valence-electron chi connectivity index (χ2n) is 5.47. The lowest BCUT2D eigenvalue weighted by molar-refractivity contribution is 0.259. The molecule has 0 heterocycles. The normalized spacial score (nSPS) is 16.8. The van der Waals surface area contributed by atoms with E-state index in [-0.39, 0.29) is 5.41 Å². The van der Waals surface area contributed by atoms with E-state index in [0.717, 1.165) is 30.1 Å². The topological polar surface area (TPSA) is 53.1 Å². The first-order valence-corrected chi connectivity index (χ1v) is 6.63. The van der Waals surface area contributed by atoms with Crippen molar-refractivity contribution in [3.63, 3.8) is 0 Å². The van der Waals surface area contributed by atoms with Crippen molar-refractivity contribution < 1.29 is 0 Å². The average Bonchev–Trinajstić information content (AvgIpc) is 3.00. The highest BCUT2D eigenvalue weighted by molar-refractivity contribution is 6.31. The molecule has 1 aromatic carbocycles. The van der Waals surface area contributed by atoms with E-state index in [2.05, 4.69) is 18.0 Å². The number of halogens is 1. The first-order chi connectivity index (χ1) is 8.51. The molecular weight excluding hydrogens is 246 g/mol. The third kappa shape index (κ3) is 3.47. The molecule has 1 aromatic rings. The molecule has 0 aliphatic heterocycles. The van der Waals surface area contributed by atoms with E-state index >= 15 is 0 Å². The molecule has 4 heteroatoms. The maximum atomic E-state index is 7.43. The van der Waals surface area contributed by atoms with Crippen molar-refractivity contribution in [3.8, 4) is 0 Å². The number of nitrogens with zero attached hydrogens (tertiary/aromatic N) is 1. The molecule has 0 radical (unpaired) electrons. The van der Waals surface area contributed by atoms with Gasteiger partial charge in [-0.1, -0.05) is 29.8 Å². The monoisotopic (exact) mass is 265 g/mol. The Morgan fingerprint density at radius 3 is 2.67 bits per heavy atom. The van der Waals surface area contributed by atoms with Gasteiger partial charge in [0.25, 0.3) is 0 Å². The summed E-state index contributed by atoms with van der Waals surface area (Å²) in [6, 6.07) is 7.94. The minimum Gasteiger partial charge on any atom is -0.388 e. The molecule has 2 rings (SSSR count). The number of benzene rings is 1. The Balaban J connectivity index is 1.91. The Morgan fingerprint density at radius 1 is 1.44 bits per heavy atom. The van der Waals surface area contributed by atoms with E-state index in [1.807, 2.05) is 18.2 Å². The first-order valence-electron chi connectivity index (χ1n) is 6.26. The minimum absolute atomic E-state index is 0.252. The fourth-order valence-electron chi connectivity index (χ4n) is 2.52. The summed E-state index contributed by atoms with van der Waals surface area (Å²) < 4.78 is 0. The van der Waals surface area contributed by atoms with Crippen molar-refractivity contribution in [3.05, 3.63) is 34.9 Å². The zero-order chi connectivity index (χ0) is 13.2. The smallest absolute Gasteiger partial charge is 0.0911 e. The summed E-state index contributed by atoms with van der Waals surface area (Å²) in [5.41, 5.74) is 6.92. The largest absolute Gasteiger partial charge is 0.388 e. The summed E-state index contributed by atoms with van der Waals surface area (Å²) in [4.78, 5) is 2.27. The number of nitrogens with two attached hydrogens (primary N) is 1. The number of amidine groups is 1. The highest BCUT2D eigenvalue weighted by Crippen LogP contribution is 2.49. The van der Waals surface area contributed by atoms with Crippen LogP contribution in [0.15, 0.2) is 24.3 Å². The van der Waals surface area contributed by atoms with E-state index in [1.54, 1.807) is 0 Å². The van der Waals surface area contributed by atoms with Gasteiger partial charge in [-0.3, -0.25) is 5.41 Å². The Labute approximate surface area is 113 Å². The molecule has 98 valence electrons. The average molecular weight is 266 g/mol. The van der Waals surface area contributed by atoms with Crippen LogP contribution in [0.4, 0.5) is 0 Å². The predicted octanol–water partition coefficient (Wildman–Crippen LogP) is 2.88. The van der Waals surface area contributed by atoms with Crippen LogP contribution in [-0.4, -0.2) is 24.3 Å². The van der Waals surface area contributed by atoms with Crippen molar-refractivity contribution in [1.29, 1.82) is 5.41 Å². The van der Waals surface area contributed by atoms with Gasteiger partial charge in [0.15, 0.2) is 0 Å². The van der Waals surface area contributed by atoms with Gasteiger partial charge >= 0.3 is 0 Å². The van der Waals surface area contributed by atoms with E-state index in [1.165, 1.54) is 12.8 Å². The van der Waals surface area contributed by atoms with Crippen LogP contribution in [0.1, 0.15) is 24.8 Å². The number of nitrogens with one attached hydrogen (secondary N) is 1. The van der Waals surface area contributed by atoms with Crippen LogP contribution >= 0.6 is 11.6 Å². The van der Waals surface area contributed by atoms with E-state index < -0.39 is 0 Å². The quantitative estimate of drug-likeness (QED) is 0.614. The maximum absolute atomic E-state index is 7.43. The van der Waals surface area contributed by atoms with Gasteiger partial charge in [-0.15, -0.1) is 0 Å². The van der Waals surface area contributed by atoms with Gasteiger partial charge in [0.05, 0.1) is 5.84 Å². The molecule has 18 heavy (non-hydrogen) atoms. The number of hydrogen-bond acceptors (Lipinski definition) is 2. The summed E-state index contributed by atoms with van der Waals surface area (Å²) in [6.45, 7) is 1.83. The molecule has 1 aliphatic rings. The molecule has 0 bridgehead atoms. The van der Waals surface area contributed by atoms with Gasteiger partial charge in [-0.05, 0) is 36.9 Å². The third-order valence-electron chi connectivity index (χ3n) is 3.53. The highest BCUT2D eigenvalue weighted by Gasteiger charge is 2.43. The van der Waals surface area contributed by atoms with Crippen molar-refractivity contribution in [2.45, 2.75) is 25.8 Å². The number of rotatable bonds is 6. The number of hydrogen-bond donors (Lipinski definition) is 2. The molecular formula is C14H20ClN3. The van der Waals surface area contributed by atoms with E-state index in [4.69, 9.17) is 22.7 Å². The van der Waals surface area contributed by atoms with Crippen LogP contribution in [0.25, 0.3) is 0 Å². The van der Waals surface area contributed by atoms with Gasteiger partial charge in [0.2, 0.25) is 0 Å². The summed E-state index contributed by atoms with van der Waals surface area (Å²) in [6.07, 6.45) is 3.08. The van der Waals surface area contributed by atoms with Crippen LogP contribution in [0.2, 0.25) is 5.02 Å². The zero-order valence-corrected chi connectivity index (χ0v) is 11.5. The second-order valence-corrected chi connectivity index (χ2v) is 5.87. The van der Waals surface area contributed by atoms with Gasteiger partial charge in [0, 0.05) is 24.5 Å². The molecule has 3 N–H and O–H groups in total. The van der Waals surface area contributed by atoms with Gasteiger partial charge in [0.1, 0.15) is 0 Å². The SMILES string of the molecule is CN(Cc1ccccc1Cl)CC1(CC(=N)N)CC1. The van der Waals surface area contributed by atoms with Gasteiger partial charge in [-0.2, -0.15) is 0 Å². The van der Waals surface area contributed by atoms with Crippen LogP contribution < -0.4 is 5.73 Å². The third-order valence-corrected chi connectivity index (χ3v) is 3.89. The van der Waals surface area contributed by atoms with Crippen molar-refractivity contribution in [2.75, 3.05) is 13.6 Å². The van der Waals surface area contributed by atoms with Crippen LogP contribution in [0.5, 0.6) is 0 Å². The fraction of sp³-hybridized carbons (Fsp3) is 0.500. The zero-order valence-electron chi connectivity index (χ0n) is 10.7. The van der Waals surface area contributed by atoms with Gasteiger partial charge in [-0.25, -0.2) is 0 Å². The molecule has 0 aromatic heterocycles. The highest BCUT2D eigenvalue weighted by atomic mass is 35.5. The predicted molar refractivity (Wildman–Crippen MR) is 76.0 cm³/mol. The Hall–Kier alpha value is -1.06. The Bertz CT molecular complexity index is 440. The lowest BCUT2D eigenvalue weighted by atomic mass is 10.0. The summed E-state index contributed by atoms with van der Waals surface area (Å²) in [5.74, 6) is 0.304. The second kappa shape index (κ2) is 5.29. The molecule has 0 amide bonds. The van der Waals surface area contributed by atoms with Crippen LogP contribution in [0.3, 0.4) is 0 Å². The van der Waals surface area contributed by atoms with Crippen LogP contribution in [-0.2, 0) is 6.54 Å². The summed E-state index contributed by atoms with van der Waals surface area (Å²) >= 11 is 6.16. The van der Waals surface area contributed by atoms with Crippen molar-refractivity contribution in [1.82, 2.24) is 4.90 Å². The molecule has 1 saturated carbocycles. The molecule has 0 spiro atoms. The first kappa shape index (κ1) is 13.4. The minimum atomic E-state index is 0.252. The summed E-state index contributed by atoms with van der Waals surface area (Å²) in [5, 5.41) is 8.25. The standard InChI is InChI=1S/C14H20ClN3/c1-18(9-11-4-2-3-5-12(11)15)10-14(6-7-14)8-13(16)17/h2-5H,6-10H2,1H3,(H3,16,17). The lowest BCUT2D eigenvalue weighted by Gasteiger charge is -2.23. The molecule has 1 aliphatic carbocycles.